The Balaban J connectivity index is 2.50. The minimum atomic E-state index is -4.11. The van der Waals surface area contributed by atoms with E-state index in [1.54, 1.807) is 39.6 Å². The number of aliphatic imine (C=N–C) groups is 2. The van der Waals surface area contributed by atoms with E-state index in [1.165, 1.54) is 20.2 Å². The highest BCUT2D eigenvalue weighted by atomic mass is 32.2. The molecule has 1 aromatic rings. The summed E-state index contributed by atoms with van der Waals surface area (Å²) in [6.45, 7) is 12.8. The van der Waals surface area contributed by atoms with Crippen molar-refractivity contribution in [2.75, 3.05) is 39.3 Å². The van der Waals surface area contributed by atoms with Crippen LogP contribution in [0.3, 0.4) is 0 Å². The number of anilines is 1. The molecule has 14 heteroatoms. The molecule has 216 valence electrons. The summed E-state index contributed by atoms with van der Waals surface area (Å²) >= 11 is 0. The standard InChI is InChI=1S/C24H42N6O7S/c1-15(2)36-21(22(25-6)26-12-17(4)35-9)18(5)38(31,32)29-24-28-27-23(20-11-10-16(3)37-20)30(24)19(13-33-7)14-34-8/h12,15-16,18-21H,6,10-11,13-14H2,1-5,7-9H3,(H,28,29)/b17-12+,26-22?/t16-,18-,20-,21+/m0/s1. The van der Waals surface area contributed by atoms with Gasteiger partial charge >= 0.3 is 0 Å². The monoisotopic (exact) mass is 558 g/mol. The van der Waals surface area contributed by atoms with Crippen molar-refractivity contribution in [1.82, 2.24) is 14.8 Å². The summed E-state index contributed by atoms with van der Waals surface area (Å²) in [6, 6.07) is -0.403. The molecule has 1 fully saturated rings. The Morgan fingerprint density at radius 2 is 1.87 bits per heavy atom. The fourth-order valence-corrected chi connectivity index (χ4v) is 5.09. The highest BCUT2D eigenvalue weighted by molar-refractivity contribution is 7.93. The first-order valence-corrected chi connectivity index (χ1v) is 14.0. The topological polar surface area (TPSA) is 148 Å². The number of nitrogens with zero attached hydrogens (tertiary/aromatic N) is 5. The Labute approximate surface area is 225 Å². The van der Waals surface area contributed by atoms with Crippen molar-refractivity contribution in [1.29, 1.82) is 0 Å². The van der Waals surface area contributed by atoms with Crippen LogP contribution in [0.25, 0.3) is 0 Å². The third kappa shape index (κ3) is 8.30. The highest BCUT2D eigenvalue weighted by Crippen LogP contribution is 2.34. The van der Waals surface area contributed by atoms with E-state index < -0.39 is 27.4 Å². The molecule has 13 nitrogen and oxygen atoms in total. The number of aromatic nitrogens is 3. The van der Waals surface area contributed by atoms with Gasteiger partial charge in [-0.2, -0.15) is 0 Å². The first-order chi connectivity index (χ1) is 18.0. The fraction of sp³-hybridized carbons (Fsp3) is 0.750. The van der Waals surface area contributed by atoms with E-state index in [2.05, 4.69) is 31.6 Å². The van der Waals surface area contributed by atoms with Crippen molar-refractivity contribution < 1.29 is 32.1 Å². The van der Waals surface area contributed by atoms with E-state index >= 15 is 0 Å². The molecule has 0 aromatic carbocycles. The molecule has 1 N–H and O–H groups in total. The van der Waals surface area contributed by atoms with Crippen LogP contribution >= 0.6 is 0 Å². The quantitative estimate of drug-likeness (QED) is 0.195. The summed E-state index contributed by atoms with van der Waals surface area (Å²) in [5.74, 6) is 1.14. The third-order valence-electron chi connectivity index (χ3n) is 6.01. The lowest BCUT2D eigenvalue weighted by molar-refractivity contribution is 0.0405. The molecule has 0 amide bonds. The molecule has 0 bridgehead atoms. The average Bonchev–Trinajstić information content (AvgIpc) is 3.48. The highest BCUT2D eigenvalue weighted by Gasteiger charge is 2.37. The largest absolute Gasteiger partial charge is 0.500 e. The second kappa shape index (κ2) is 14.7. The molecular weight excluding hydrogens is 516 g/mol. The number of ether oxygens (including phenoxy) is 5. The van der Waals surface area contributed by atoms with Crippen molar-refractivity contribution in [3.05, 3.63) is 17.8 Å². The Bertz CT molecular complexity index is 1070. The third-order valence-corrected chi connectivity index (χ3v) is 7.70. The van der Waals surface area contributed by atoms with Crippen LogP contribution < -0.4 is 4.72 Å². The van der Waals surface area contributed by atoms with Gasteiger partial charge in [0.2, 0.25) is 16.0 Å². The van der Waals surface area contributed by atoms with E-state index in [-0.39, 0.29) is 43.3 Å². The number of sulfonamides is 1. The SMILES string of the molecule is C=NC(=N/C=C(\C)OC)[C@H](OC(C)C)[C@H](C)S(=O)(=O)Nc1nnc([C@@H]2CC[C@H](C)O2)n1C(COC)COC. The lowest BCUT2D eigenvalue weighted by atomic mass is 10.2. The lowest BCUT2D eigenvalue weighted by Crippen LogP contribution is -2.43. The second-order valence-corrected chi connectivity index (χ2v) is 11.4. The van der Waals surface area contributed by atoms with Crippen LogP contribution in [0.1, 0.15) is 65.4 Å². The average molecular weight is 559 g/mol. The predicted octanol–water partition coefficient (Wildman–Crippen LogP) is 2.88. The Morgan fingerprint density at radius 3 is 2.37 bits per heavy atom. The smallest absolute Gasteiger partial charge is 0.240 e. The van der Waals surface area contributed by atoms with Gasteiger partial charge in [-0.1, -0.05) is 0 Å². The molecule has 1 aromatic heterocycles. The van der Waals surface area contributed by atoms with E-state index in [0.717, 1.165) is 12.8 Å². The van der Waals surface area contributed by atoms with Gasteiger partial charge in [0, 0.05) is 14.2 Å². The van der Waals surface area contributed by atoms with Crippen LogP contribution in [0.5, 0.6) is 0 Å². The Morgan fingerprint density at radius 1 is 1.21 bits per heavy atom. The normalized spacial score (nSPS) is 20.7. The van der Waals surface area contributed by atoms with Gasteiger partial charge in [0.1, 0.15) is 23.2 Å². The number of hydrogen-bond acceptors (Lipinski definition) is 10. The molecule has 0 spiro atoms. The van der Waals surface area contributed by atoms with Crippen molar-refractivity contribution in [2.24, 2.45) is 9.98 Å². The number of amidine groups is 1. The Kier molecular flexibility index (Phi) is 12.3. The van der Waals surface area contributed by atoms with E-state index in [9.17, 15) is 8.42 Å². The van der Waals surface area contributed by atoms with Gasteiger partial charge in [-0.15, -0.1) is 10.2 Å². The fourth-order valence-electron chi connectivity index (χ4n) is 4.00. The van der Waals surface area contributed by atoms with Gasteiger partial charge in [0.15, 0.2) is 11.7 Å². The molecule has 1 saturated heterocycles. The zero-order valence-corrected chi connectivity index (χ0v) is 24.4. The minimum absolute atomic E-state index is 0.0255. The molecule has 0 aliphatic carbocycles. The maximum atomic E-state index is 13.7. The lowest BCUT2D eigenvalue weighted by Gasteiger charge is -2.27. The maximum absolute atomic E-state index is 13.7. The van der Waals surface area contributed by atoms with Crippen LogP contribution in [-0.4, -0.2) is 93.8 Å². The van der Waals surface area contributed by atoms with Crippen LogP contribution in [0, 0.1) is 0 Å². The molecule has 2 rings (SSSR count). The summed E-state index contributed by atoms with van der Waals surface area (Å²) in [5, 5.41) is 7.37. The van der Waals surface area contributed by atoms with Gasteiger partial charge in [-0.25, -0.2) is 18.4 Å². The molecule has 0 radical (unpaired) electrons. The number of methoxy groups -OCH3 is 3. The van der Waals surface area contributed by atoms with Crippen molar-refractivity contribution in [2.45, 2.75) is 83.2 Å². The summed E-state index contributed by atoms with van der Waals surface area (Å²) in [6.07, 6.45) is 1.40. The van der Waals surface area contributed by atoms with E-state index in [0.29, 0.717) is 11.6 Å². The molecular formula is C24H42N6O7S. The van der Waals surface area contributed by atoms with Gasteiger partial charge in [-0.05, 0) is 54.2 Å². The zero-order valence-electron chi connectivity index (χ0n) is 23.6. The van der Waals surface area contributed by atoms with Gasteiger partial charge in [0.25, 0.3) is 0 Å². The van der Waals surface area contributed by atoms with Gasteiger partial charge in [-0.3, -0.25) is 9.29 Å². The molecule has 0 saturated carbocycles. The van der Waals surface area contributed by atoms with Crippen LogP contribution in [-0.2, 0) is 33.7 Å². The number of rotatable bonds is 15. The van der Waals surface area contributed by atoms with Crippen molar-refractivity contribution in [3.63, 3.8) is 0 Å². The molecule has 1 aliphatic heterocycles. The number of allylic oxidation sites excluding steroid dienone is 1. The van der Waals surface area contributed by atoms with E-state index in [1.807, 2.05) is 6.92 Å². The van der Waals surface area contributed by atoms with Gasteiger partial charge < -0.3 is 23.7 Å². The Hall–Kier alpha value is -2.39. The molecule has 0 unspecified atom stereocenters. The summed E-state index contributed by atoms with van der Waals surface area (Å²) in [4.78, 5) is 8.21. The molecule has 38 heavy (non-hydrogen) atoms. The summed E-state index contributed by atoms with van der Waals surface area (Å²) < 4.78 is 59.5. The van der Waals surface area contributed by atoms with Crippen molar-refractivity contribution >= 4 is 28.5 Å². The molecule has 1 aliphatic rings. The van der Waals surface area contributed by atoms with Crippen LogP contribution in [0.4, 0.5) is 5.95 Å². The summed E-state index contributed by atoms with van der Waals surface area (Å²) in [5.41, 5.74) is 0. The van der Waals surface area contributed by atoms with Gasteiger partial charge in [0.05, 0.1) is 44.8 Å². The van der Waals surface area contributed by atoms with E-state index in [4.69, 9.17) is 23.7 Å². The summed E-state index contributed by atoms with van der Waals surface area (Å²) in [7, 11) is 0.516. The first-order valence-electron chi connectivity index (χ1n) is 12.5. The minimum Gasteiger partial charge on any atom is -0.500 e. The van der Waals surface area contributed by atoms with Crippen molar-refractivity contribution in [3.8, 4) is 0 Å². The maximum Gasteiger partial charge on any atom is 0.240 e. The zero-order chi connectivity index (χ0) is 28.5. The second-order valence-electron chi connectivity index (χ2n) is 9.38. The van der Waals surface area contributed by atoms with Crippen LogP contribution in [0.15, 0.2) is 21.9 Å². The number of nitrogens with one attached hydrogen (secondary N) is 1. The first kappa shape index (κ1) is 31.8. The molecule has 2 heterocycles. The predicted molar refractivity (Wildman–Crippen MR) is 145 cm³/mol. The molecule has 4 atom stereocenters. The number of hydrogen-bond donors (Lipinski definition) is 1. The van der Waals surface area contributed by atoms with Crippen LogP contribution in [0.2, 0.25) is 0 Å².